The standard InChI is InChI=1S/C12H21N5/c1-6-7-14-12(13-4)15-8-11-9(2)16-17(5)10(11)3/h6H,1,7-8H2,2-5H3,(H2,13,14,15). The van der Waals surface area contributed by atoms with Gasteiger partial charge in [0.25, 0.3) is 0 Å². The zero-order chi connectivity index (χ0) is 12.8. The fraction of sp³-hybridized carbons (Fsp3) is 0.500. The summed E-state index contributed by atoms with van der Waals surface area (Å²) in [5, 5.41) is 10.8. The van der Waals surface area contributed by atoms with Crippen molar-refractivity contribution in [2.24, 2.45) is 12.0 Å². The number of rotatable bonds is 4. The van der Waals surface area contributed by atoms with E-state index in [2.05, 4.69) is 34.2 Å². The molecule has 94 valence electrons. The molecule has 1 aromatic rings. The van der Waals surface area contributed by atoms with Gasteiger partial charge in [0.1, 0.15) is 0 Å². The molecule has 1 rings (SSSR count). The van der Waals surface area contributed by atoms with Crippen molar-refractivity contribution in [3.8, 4) is 0 Å². The van der Waals surface area contributed by atoms with Crippen molar-refractivity contribution in [3.05, 3.63) is 29.6 Å². The number of nitrogens with zero attached hydrogens (tertiary/aromatic N) is 3. The van der Waals surface area contributed by atoms with E-state index in [-0.39, 0.29) is 0 Å². The van der Waals surface area contributed by atoms with Crippen LogP contribution in [-0.4, -0.2) is 29.3 Å². The summed E-state index contributed by atoms with van der Waals surface area (Å²) in [6.45, 7) is 9.17. The molecule has 1 aromatic heterocycles. The predicted octanol–water partition coefficient (Wildman–Crippen LogP) is 0.888. The van der Waals surface area contributed by atoms with E-state index in [1.54, 1.807) is 13.1 Å². The van der Waals surface area contributed by atoms with E-state index in [4.69, 9.17) is 0 Å². The lowest BCUT2D eigenvalue weighted by molar-refractivity contribution is 0.729. The predicted molar refractivity (Wildman–Crippen MR) is 71.1 cm³/mol. The van der Waals surface area contributed by atoms with Gasteiger partial charge in [-0.3, -0.25) is 9.67 Å². The van der Waals surface area contributed by atoms with Crippen molar-refractivity contribution in [1.29, 1.82) is 0 Å². The topological polar surface area (TPSA) is 54.2 Å². The molecule has 5 nitrogen and oxygen atoms in total. The average molecular weight is 235 g/mol. The molecule has 17 heavy (non-hydrogen) atoms. The molecule has 0 radical (unpaired) electrons. The number of guanidine groups is 1. The molecule has 2 N–H and O–H groups in total. The minimum absolute atomic E-state index is 0.699. The van der Waals surface area contributed by atoms with Crippen LogP contribution in [0.5, 0.6) is 0 Å². The highest BCUT2D eigenvalue weighted by atomic mass is 15.3. The maximum Gasteiger partial charge on any atom is 0.191 e. The van der Waals surface area contributed by atoms with Crippen LogP contribution in [0.15, 0.2) is 17.6 Å². The van der Waals surface area contributed by atoms with E-state index in [9.17, 15) is 0 Å². The molecule has 0 saturated heterocycles. The third-order valence-electron chi connectivity index (χ3n) is 2.73. The lowest BCUT2D eigenvalue weighted by Gasteiger charge is -2.10. The third kappa shape index (κ3) is 3.34. The fourth-order valence-electron chi connectivity index (χ4n) is 1.63. The minimum Gasteiger partial charge on any atom is -0.353 e. The largest absolute Gasteiger partial charge is 0.353 e. The summed E-state index contributed by atoms with van der Waals surface area (Å²) in [5.74, 6) is 0.771. The molecule has 0 amide bonds. The zero-order valence-electron chi connectivity index (χ0n) is 11.0. The van der Waals surface area contributed by atoms with Gasteiger partial charge in [0.15, 0.2) is 5.96 Å². The second kappa shape index (κ2) is 6.08. The summed E-state index contributed by atoms with van der Waals surface area (Å²) in [6, 6.07) is 0. The number of aromatic nitrogens is 2. The lowest BCUT2D eigenvalue weighted by atomic mass is 10.2. The fourth-order valence-corrected chi connectivity index (χ4v) is 1.63. The molecule has 0 bridgehead atoms. The number of hydrogen-bond donors (Lipinski definition) is 2. The molecule has 0 aromatic carbocycles. The first-order valence-corrected chi connectivity index (χ1v) is 5.64. The number of aliphatic imine (C=N–C) groups is 1. The van der Waals surface area contributed by atoms with E-state index in [1.165, 1.54) is 11.3 Å². The molecule has 0 atom stereocenters. The Morgan fingerprint density at radius 2 is 2.18 bits per heavy atom. The van der Waals surface area contributed by atoms with E-state index in [0.717, 1.165) is 18.2 Å². The Kier molecular flexibility index (Phi) is 4.75. The molecule has 0 aliphatic rings. The van der Waals surface area contributed by atoms with Crippen LogP contribution < -0.4 is 10.6 Å². The van der Waals surface area contributed by atoms with Gasteiger partial charge in [0.05, 0.1) is 5.69 Å². The first-order valence-electron chi connectivity index (χ1n) is 5.64. The monoisotopic (exact) mass is 235 g/mol. The first-order chi connectivity index (χ1) is 8.10. The number of hydrogen-bond acceptors (Lipinski definition) is 2. The van der Waals surface area contributed by atoms with Crippen molar-refractivity contribution < 1.29 is 0 Å². The van der Waals surface area contributed by atoms with Gasteiger partial charge in [-0.05, 0) is 13.8 Å². The summed E-state index contributed by atoms with van der Waals surface area (Å²) in [6.07, 6.45) is 1.80. The molecule has 0 fully saturated rings. The highest BCUT2D eigenvalue weighted by Gasteiger charge is 2.09. The van der Waals surface area contributed by atoms with Crippen LogP contribution >= 0.6 is 0 Å². The molecule has 0 aliphatic heterocycles. The van der Waals surface area contributed by atoms with Crippen LogP contribution in [0.1, 0.15) is 17.0 Å². The van der Waals surface area contributed by atoms with Gasteiger partial charge in [0.2, 0.25) is 0 Å². The zero-order valence-corrected chi connectivity index (χ0v) is 11.0. The van der Waals surface area contributed by atoms with Gasteiger partial charge < -0.3 is 10.6 Å². The Labute approximate surface area is 103 Å². The van der Waals surface area contributed by atoms with Crippen LogP contribution in [0.3, 0.4) is 0 Å². The minimum atomic E-state index is 0.699. The maximum atomic E-state index is 4.38. The molecule has 0 aliphatic carbocycles. The van der Waals surface area contributed by atoms with Gasteiger partial charge in [0, 0.05) is 38.4 Å². The van der Waals surface area contributed by atoms with E-state index in [1.807, 2.05) is 18.7 Å². The van der Waals surface area contributed by atoms with Crippen LogP contribution in [0, 0.1) is 13.8 Å². The highest BCUT2D eigenvalue weighted by Crippen LogP contribution is 2.10. The van der Waals surface area contributed by atoms with Gasteiger partial charge in [-0.1, -0.05) is 6.08 Å². The maximum absolute atomic E-state index is 4.38. The Balaban J connectivity index is 2.63. The summed E-state index contributed by atoms with van der Waals surface area (Å²) >= 11 is 0. The van der Waals surface area contributed by atoms with E-state index >= 15 is 0 Å². The van der Waals surface area contributed by atoms with Crippen LogP contribution in [0.4, 0.5) is 0 Å². The SMILES string of the molecule is C=CCNC(=NC)NCc1c(C)nn(C)c1C. The van der Waals surface area contributed by atoms with Crippen molar-refractivity contribution in [1.82, 2.24) is 20.4 Å². The average Bonchev–Trinajstić information content (AvgIpc) is 2.55. The third-order valence-corrected chi connectivity index (χ3v) is 2.73. The Morgan fingerprint density at radius 1 is 1.47 bits per heavy atom. The molecule has 0 spiro atoms. The smallest absolute Gasteiger partial charge is 0.191 e. The van der Waals surface area contributed by atoms with Crippen molar-refractivity contribution in [2.45, 2.75) is 20.4 Å². The van der Waals surface area contributed by atoms with Crippen LogP contribution in [-0.2, 0) is 13.6 Å². The van der Waals surface area contributed by atoms with Gasteiger partial charge in [-0.15, -0.1) is 6.58 Å². The van der Waals surface area contributed by atoms with E-state index < -0.39 is 0 Å². The van der Waals surface area contributed by atoms with Crippen LogP contribution in [0.2, 0.25) is 0 Å². The number of aryl methyl sites for hydroxylation is 2. The molecule has 0 unspecified atom stereocenters. The number of nitrogens with one attached hydrogen (secondary N) is 2. The molecule has 0 saturated carbocycles. The molecular weight excluding hydrogens is 214 g/mol. The van der Waals surface area contributed by atoms with E-state index in [0.29, 0.717) is 6.54 Å². The van der Waals surface area contributed by atoms with Crippen molar-refractivity contribution in [2.75, 3.05) is 13.6 Å². The molecular formula is C12H21N5. The quantitative estimate of drug-likeness (QED) is 0.463. The summed E-state index contributed by atoms with van der Waals surface area (Å²) in [7, 11) is 3.71. The summed E-state index contributed by atoms with van der Waals surface area (Å²) < 4.78 is 1.90. The normalized spacial score (nSPS) is 11.4. The Hall–Kier alpha value is -1.78. The van der Waals surface area contributed by atoms with Gasteiger partial charge in [-0.25, -0.2) is 0 Å². The summed E-state index contributed by atoms with van der Waals surface area (Å²) in [4.78, 5) is 4.13. The molecule has 5 heteroatoms. The second-order valence-electron chi connectivity index (χ2n) is 3.87. The van der Waals surface area contributed by atoms with Crippen molar-refractivity contribution >= 4 is 5.96 Å². The van der Waals surface area contributed by atoms with Crippen LogP contribution in [0.25, 0.3) is 0 Å². The first kappa shape index (κ1) is 13.3. The molecule has 1 heterocycles. The lowest BCUT2D eigenvalue weighted by Crippen LogP contribution is -2.36. The Morgan fingerprint density at radius 3 is 2.65 bits per heavy atom. The van der Waals surface area contributed by atoms with Gasteiger partial charge >= 0.3 is 0 Å². The highest BCUT2D eigenvalue weighted by molar-refractivity contribution is 5.79. The second-order valence-corrected chi connectivity index (χ2v) is 3.87. The van der Waals surface area contributed by atoms with Gasteiger partial charge in [-0.2, -0.15) is 5.10 Å². The Bertz CT molecular complexity index is 417. The summed E-state index contributed by atoms with van der Waals surface area (Å²) in [5.41, 5.74) is 3.44. The van der Waals surface area contributed by atoms with Crippen molar-refractivity contribution in [3.63, 3.8) is 0 Å².